The molecule has 0 spiro atoms. The zero-order valence-electron chi connectivity index (χ0n) is 16.5. The second kappa shape index (κ2) is 8.39. The molecule has 1 aliphatic rings. The Morgan fingerprint density at radius 3 is 2.89 bits per heavy atom. The van der Waals surface area contributed by atoms with Crippen molar-refractivity contribution in [1.82, 2.24) is 9.55 Å². The average Bonchev–Trinajstić information content (AvgIpc) is 3.26. The largest absolute Gasteiger partial charge is 0.431 e. The number of thioether (sulfide) groups is 1. The minimum absolute atomic E-state index is 0.128. The zero-order valence-corrected chi connectivity index (χ0v) is 17.3. The molecule has 0 N–H and O–H groups in total. The maximum Gasteiger partial charge on any atom is 0.257 e. The van der Waals surface area contributed by atoms with Crippen molar-refractivity contribution in [2.45, 2.75) is 57.7 Å². The zero-order chi connectivity index (χ0) is 19.5. The molecule has 2 aromatic heterocycles. The highest BCUT2D eigenvalue weighted by atomic mass is 32.2. The lowest BCUT2D eigenvalue weighted by Gasteiger charge is -2.15. The fourth-order valence-electron chi connectivity index (χ4n) is 3.93. The average molecular weight is 395 g/mol. The van der Waals surface area contributed by atoms with Crippen LogP contribution in [0.3, 0.4) is 0 Å². The standard InChI is InChI=1S/C23H26N2O2S/c1-16-14-19(17(2)25(16)13-12-18-8-4-3-5-9-18)21(26)15-28-23-24-20-10-6-7-11-22(20)27-23/h6-8,10-11,14H,3-5,9,12-13,15H2,1-2H3. The van der Waals surface area contributed by atoms with Gasteiger partial charge in [0.15, 0.2) is 11.4 Å². The van der Waals surface area contributed by atoms with Crippen molar-refractivity contribution in [3.05, 3.63) is 58.9 Å². The maximum atomic E-state index is 12.8. The second-order valence-electron chi connectivity index (χ2n) is 7.45. The summed E-state index contributed by atoms with van der Waals surface area (Å²) in [7, 11) is 0. The Morgan fingerprint density at radius 1 is 1.25 bits per heavy atom. The number of carbonyl (C=O) groups excluding carboxylic acids is 1. The van der Waals surface area contributed by atoms with E-state index >= 15 is 0 Å². The number of nitrogens with zero attached hydrogens (tertiary/aromatic N) is 2. The molecule has 0 bridgehead atoms. The highest BCUT2D eigenvalue weighted by Gasteiger charge is 2.17. The molecule has 1 aliphatic carbocycles. The van der Waals surface area contributed by atoms with Crippen molar-refractivity contribution in [3.8, 4) is 0 Å². The normalized spacial score (nSPS) is 14.4. The van der Waals surface area contributed by atoms with Crippen LogP contribution in [-0.4, -0.2) is 21.1 Å². The molecule has 0 fully saturated rings. The van der Waals surface area contributed by atoms with Crippen LogP contribution in [0.1, 0.15) is 53.8 Å². The van der Waals surface area contributed by atoms with Gasteiger partial charge in [0.1, 0.15) is 5.52 Å². The summed E-state index contributed by atoms with van der Waals surface area (Å²) in [6, 6.07) is 9.69. The van der Waals surface area contributed by atoms with Crippen molar-refractivity contribution in [1.29, 1.82) is 0 Å². The fourth-order valence-corrected chi connectivity index (χ4v) is 4.65. The van der Waals surface area contributed by atoms with Crippen LogP contribution in [0.5, 0.6) is 0 Å². The Morgan fingerprint density at radius 2 is 2.11 bits per heavy atom. The first-order chi connectivity index (χ1) is 13.6. The Hall–Kier alpha value is -2.27. The lowest BCUT2D eigenvalue weighted by Crippen LogP contribution is -2.08. The van der Waals surface area contributed by atoms with E-state index in [2.05, 4.69) is 29.5 Å². The summed E-state index contributed by atoms with van der Waals surface area (Å²) in [5, 5.41) is 0.549. The molecule has 0 saturated carbocycles. The Bertz CT molecular complexity index is 996. The minimum Gasteiger partial charge on any atom is -0.431 e. The Kier molecular flexibility index (Phi) is 5.72. The highest BCUT2D eigenvalue weighted by molar-refractivity contribution is 7.99. The molecule has 4 nitrogen and oxygen atoms in total. The van der Waals surface area contributed by atoms with Gasteiger partial charge in [-0.15, -0.1) is 0 Å². The Labute approximate surface area is 170 Å². The third-order valence-corrected chi connectivity index (χ3v) is 6.34. The predicted molar refractivity (Wildman–Crippen MR) is 114 cm³/mol. The summed E-state index contributed by atoms with van der Waals surface area (Å²) in [5.41, 5.74) is 6.19. The summed E-state index contributed by atoms with van der Waals surface area (Å²) in [6.07, 6.45) is 8.57. The van der Waals surface area contributed by atoms with Crippen molar-refractivity contribution in [2.75, 3.05) is 5.75 Å². The Balaban J connectivity index is 1.41. The number of carbonyl (C=O) groups is 1. The number of Topliss-reactive ketones (excluding diaryl/α,β-unsaturated/α-hetero) is 1. The summed E-state index contributed by atoms with van der Waals surface area (Å²) in [6.45, 7) is 5.10. The number of fused-ring (bicyclic) bond motifs is 1. The van der Waals surface area contributed by atoms with Gasteiger partial charge in [0.05, 0.1) is 5.75 Å². The molecule has 4 rings (SSSR count). The smallest absolute Gasteiger partial charge is 0.257 e. The number of hydrogen-bond acceptors (Lipinski definition) is 4. The highest BCUT2D eigenvalue weighted by Crippen LogP contribution is 2.26. The van der Waals surface area contributed by atoms with Gasteiger partial charge in [-0.05, 0) is 64.2 Å². The molecule has 2 heterocycles. The summed E-state index contributed by atoms with van der Waals surface area (Å²) in [4.78, 5) is 17.2. The number of aromatic nitrogens is 2. The van der Waals surface area contributed by atoms with Crippen LogP contribution in [-0.2, 0) is 6.54 Å². The number of allylic oxidation sites excluding steroid dienone is 2. The van der Waals surface area contributed by atoms with E-state index in [1.54, 1.807) is 5.57 Å². The molecule has 5 heteroatoms. The van der Waals surface area contributed by atoms with Crippen molar-refractivity contribution in [3.63, 3.8) is 0 Å². The van der Waals surface area contributed by atoms with Gasteiger partial charge in [0, 0.05) is 23.5 Å². The molecule has 3 aromatic rings. The summed E-state index contributed by atoms with van der Waals surface area (Å²) < 4.78 is 7.99. The number of rotatable bonds is 7. The van der Waals surface area contributed by atoms with Crippen LogP contribution in [0.25, 0.3) is 11.1 Å². The molecule has 146 valence electrons. The summed E-state index contributed by atoms with van der Waals surface area (Å²) >= 11 is 1.36. The molecule has 0 unspecified atom stereocenters. The van der Waals surface area contributed by atoms with E-state index in [1.165, 1.54) is 37.4 Å². The SMILES string of the molecule is Cc1cc(C(=O)CSc2nc3ccccc3o2)c(C)n1CCC1=CCCCC1. The van der Waals surface area contributed by atoms with Crippen molar-refractivity contribution < 1.29 is 9.21 Å². The number of para-hydroxylation sites is 2. The molecule has 1 aromatic carbocycles. The first kappa shape index (κ1) is 19.1. The third kappa shape index (κ3) is 4.09. The molecule has 0 radical (unpaired) electrons. The van der Waals surface area contributed by atoms with Gasteiger partial charge < -0.3 is 8.98 Å². The van der Waals surface area contributed by atoms with Crippen LogP contribution in [0, 0.1) is 13.8 Å². The number of hydrogen-bond donors (Lipinski definition) is 0. The van der Waals surface area contributed by atoms with Crippen LogP contribution < -0.4 is 0 Å². The van der Waals surface area contributed by atoms with Crippen molar-refractivity contribution >= 4 is 28.6 Å². The first-order valence-electron chi connectivity index (χ1n) is 9.98. The van der Waals surface area contributed by atoms with E-state index in [-0.39, 0.29) is 5.78 Å². The van der Waals surface area contributed by atoms with Crippen LogP contribution in [0.15, 0.2) is 51.6 Å². The number of oxazole rings is 1. The van der Waals surface area contributed by atoms with Crippen molar-refractivity contribution in [2.24, 2.45) is 0 Å². The number of ketones is 1. The summed E-state index contributed by atoms with van der Waals surface area (Å²) in [5.74, 6) is 0.464. The van der Waals surface area contributed by atoms with Crippen LogP contribution in [0.4, 0.5) is 0 Å². The van der Waals surface area contributed by atoms with Gasteiger partial charge in [0.2, 0.25) is 0 Å². The van der Waals surface area contributed by atoms with Crippen LogP contribution >= 0.6 is 11.8 Å². The van der Waals surface area contributed by atoms with Gasteiger partial charge in [0.25, 0.3) is 5.22 Å². The van der Waals surface area contributed by atoms with E-state index in [9.17, 15) is 4.79 Å². The lowest BCUT2D eigenvalue weighted by atomic mass is 9.97. The monoisotopic (exact) mass is 394 g/mol. The van der Waals surface area contributed by atoms with E-state index < -0.39 is 0 Å². The third-order valence-electron chi connectivity index (χ3n) is 5.52. The van der Waals surface area contributed by atoms with Gasteiger partial charge in [-0.25, -0.2) is 4.98 Å². The number of aryl methyl sites for hydroxylation is 1. The van der Waals surface area contributed by atoms with E-state index in [0.29, 0.717) is 11.0 Å². The van der Waals surface area contributed by atoms with Crippen LogP contribution in [0.2, 0.25) is 0 Å². The molecule has 0 aliphatic heterocycles. The number of benzene rings is 1. The van der Waals surface area contributed by atoms with Gasteiger partial charge in [-0.1, -0.05) is 35.5 Å². The van der Waals surface area contributed by atoms with Gasteiger partial charge in [-0.2, -0.15) is 0 Å². The molecule has 28 heavy (non-hydrogen) atoms. The van der Waals surface area contributed by atoms with E-state index in [0.717, 1.165) is 41.0 Å². The van der Waals surface area contributed by atoms with E-state index in [1.807, 2.05) is 30.3 Å². The quantitative estimate of drug-likeness (QED) is 0.275. The minimum atomic E-state index is 0.128. The topological polar surface area (TPSA) is 48.0 Å². The molecular weight excluding hydrogens is 368 g/mol. The van der Waals surface area contributed by atoms with Gasteiger partial charge >= 0.3 is 0 Å². The lowest BCUT2D eigenvalue weighted by molar-refractivity contribution is 0.102. The first-order valence-corrected chi connectivity index (χ1v) is 11.0. The molecule has 0 amide bonds. The predicted octanol–water partition coefficient (Wildman–Crippen LogP) is 6.11. The van der Waals surface area contributed by atoms with E-state index in [4.69, 9.17) is 4.42 Å². The maximum absolute atomic E-state index is 12.8. The molecule has 0 atom stereocenters. The molecular formula is C23H26N2O2S. The second-order valence-corrected chi connectivity index (χ2v) is 8.38. The molecule has 0 saturated heterocycles. The fraction of sp³-hybridized carbons (Fsp3) is 0.391. The van der Waals surface area contributed by atoms with Gasteiger partial charge in [-0.3, -0.25) is 4.79 Å².